The molecule has 0 saturated heterocycles. The predicted octanol–water partition coefficient (Wildman–Crippen LogP) is 2.80. The van der Waals surface area contributed by atoms with Crippen LogP contribution in [0.3, 0.4) is 0 Å². The Morgan fingerprint density at radius 2 is 1.33 bits per heavy atom. The summed E-state index contributed by atoms with van der Waals surface area (Å²) >= 11 is 0. The summed E-state index contributed by atoms with van der Waals surface area (Å²) in [4.78, 5) is 0. The van der Waals surface area contributed by atoms with Gasteiger partial charge in [0.05, 0.1) is 0 Å². The monoisotopic (exact) mass is 192 g/mol. The van der Waals surface area contributed by atoms with Gasteiger partial charge in [-0.15, -0.1) is 17.8 Å². The van der Waals surface area contributed by atoms with Gasteiger partial charge in [-0.05, 0) is 39.0 Å². The van der Waals surface area contributed by atoms with E-state index in [4.69, 9.17) is 0 Å². The minimum absolute atomic E-state index is 0.951. The van der Waals surface area contributed by atoms with Crippen molar-refractivity contribution in [2.24, 2.45) is 0 Å². The first-order valence-corrected chi connectivity index (χ1v) is 4.74. The van der Waals surface area contributed by atoms with Crippen molar-refractivity contribution in [3.05, 3.63) is 34.9 Å². The second-order valence-corrected chi connectivity index (χ2v) is 2.89. The van der Waals surface area contributed by atoms with Crippen LogP contribution in [0.1, 0.15) is 37.5 Å². The SMILES string of the molecule is CC#Cc1ccc(C#CC)c(C#CC)c1. The lowest BCUT2D eigenvalue weighted by Crippen LogP contribution is -1.85. The fourth-order valence-electron chi connectivity index (χ4n) is 1.25. The van der Waals surface area contributed by atoms with Crippen molar-refractivity contribution in [1.29, 1.82) is 0 Å². The molecule has 0 unspecified atom stereocenters. The standard InChI is InChI=1S/C15H12/c1-4-7-13-10-11-14(8-5-2)15(12-13)9-6-3/h10-12H,1-3H3. The van der Waals surface area contributed by atoms with Crippen molar-refractivity contribution in [2.75, 3.05) is 0 Å². The van der Waals surface area contributed by atoms with Gasteiger partial charge in [-0.3, -0.25) is 0 Å². The smallest absolute Gasteiger partial charge is 0.0414 e. The minimum atomic E-state index is 0.951. The highest BCUT2D eigenvalue weighted by molar-refractivity contribution is 5.54. The first-order valence-electron chi connectivity index (χ1n) is 4.74. The third-order valence-electron chi connectivity index (χ3n) is 1.81. The van der Waals surface area contributed by atoms with E-state index in [9.17, 15) is 0 Å². The Bertz CT molecular complexity index is 529. The van der Waals surface area contributed by atoms with Crippen LogP contribution in [0.5, 0.6) is 0 Å². The molecule has 0 atom stereocenters. The van der Waals surface area contributed by atoms with Crippen LogP contribution in [0.2, 0.25) is 0 Å². The molecule has 0 aliphatic carbocycles. The first-order chi connectivity index (χ1) is 7.31. The zero-order valence-corrected chi connectivity index (χ0v) is 9.23. The van der Waals surface area contributed by atoms with Crippen molar-refractivity contribution >= 4 is 0 Å². The van der Waals surface area contributed by atoms with Crippen LogP contribution < -0.4 is 0 Å². The van der Waals surface area contributed by atoms with Gasteiger partial charge in [-0.2, -0.15) is 0 Å². The Morgan fingerprint density at radius 1 is 0.733 bits per heavy atom. The van der Waals surface area contributed by atoms with Crippen molar-refractivity contribution in [1.82, 2.24) is 0 Å². The zero-order valence-electron chi connectivity index (χ0n) is 9.23. The maximum absolute atomic E-state index is 3.04. The van der Waals surface area contributed by atoms with Gasteiger partial charge >= 0.3 is 0 Å². The van der Waals surface area contributed by atoms with Crippen LogP contribution in [-0.2, 0) is 0 Å². The number of hydrogen-bond donors (Lipinski definition) is 0. The fourth-order valence-corrected chi connectivity index (χ4v) is 1.25. The van der Waals surface area contributed by atoms with Crippen molar-refractivity contribution in [3.63, 3.8) is 0 Å². The van der Waals surface area contributed by atoms with E-state index in [-0.39, 0.29) is 0 Å². The Kier molecular flexibility index (Phi) is 4.09. The van der Waals surface area contributed by atoms with Gasteiger partial charge in [-0.1, -0.05) is 17.8 Å². The molecule has 0 aromatic heterocycles. The molecule has 1 aromatic rings. The third kappa shape index (κ3) is 2.95. The summed E-state index contributed by atoms with van der Waals surface area (Å²) in [5, 5.41) is 0. The van der Waals surface area contributed by atoms with E-state index in [0.29, 0.717) is 0 Å². The average molecular weight is 192 g/mol. The van der Waals surface area contributed by atoms with E-state index in [0.717, 1.165) is 16.7 Å². The first kappa shape index (κ1) is 11.0. The van der Waals surface area contributed by atoms with E-state index in [1.54, 1.807) is 0 Å². The Balaban J connectivity index is 3.32. The van der Waals surface area contributed by atoms with Crippen LogP contribution in [0.4, 0.5) is 0 Å². The molecule has 0 fully saturated rings. The lowest BCUT2D eigenvalue weighted by atomic mass is 10.0. The lowest BCUT2D eigenvalue weighted by Gasteiger charge is -1.97. The van der Waals surface area contributed by atoms with Gasteiger partial charge in [0, 0.05) is 16.7 Å². The zero-order chi connectivity index (χ0) is 11.1. The summed E-state index contributed by atoms with van der Waals surface area (Å²) in [6.07, 6.45) is 0. The molecule has 0 aliphatic heterocycles. The van der Waals surface area contributed by atoms with E-state index < -0.39 is 0 Å². The van der Waals surface area contributed by atoms with Gasteiger partial charge in [0.2, 0.25) is 0 Å². The molecular formula is C15H12. The molecule has 0 heterocycles. The van der Waals surface area contributed by atoms with Gasteiger partial charge in [0.1, 0.15) is 0 Å². The molecule has 1 rings (SSSR count). The van der Waals surface area contributed by atoms with Crippen LogP contribution in [0.15, 0.2) is 18.2 Å². The maximum Gasteiger partial charge on any atom is 0.0414 e. The molecule has 0 radical (unpaired) electrons. The minimum Gasteiger partial charge on any atom is -0.101 e. The third-order valence-corrected chi connectivity index (χ3v) is 1.81. The highest BCUT2D eigenvalue weighted by Crippen LogP contribution is 2.09. The summed E-state index contributed by atoms with van der Waals surface area (Å²) in [7, 11) is 0. The van der Waals surface area contributed by atoms with E-state index >= 15 is 0 Å². The molecule has 1 aromatic carbocycles. The summed E-state index contributed by atoms with van der Waals surface area (Å²) < 4.78 is 0. The largest absolute Gasteiger partial charge is 0.101 e. The molecule has 0 N–H and O–H groups in total. The van der Waals surface area contributed by atoms with Crippen LogP contribution in [0.25, 0.3) is 0 Å². The van der Waals surface area contributed by atoms with Crippen molar-refractivity contribution < 1.29 is 0 Å². The second-order valence-electron chi connectivity index (χ2n) is 2.89. The van der Waals surface area contributed by atoms with E-state index in [1.807, 2.05) is 39.0 Å². The van der Waals surface area contributed by atoms with Gasteiger partial charge in [-0.25, -0.2) is 0 Å². The number of rotatable bonds is 0. The molecule has 0 bridgehead atoms. The van der Waals surface area contributed by atoms with Crippen LogP contribution >= 0.6 is 0 Å². The van der Waals surface area contributed by atoms with Crippen LogP contribution in [0, 0.1) is 35.5 Å². The van der Waals surface area contributed by atoms with Crippen molar-refractivity contribution in [2.45, 2.75) is 20.8 Å². The average Bonchev–Trinajstić information content (AvgIpc) is 2.23. The quantitative estimate of drug-likeness (QED) is 0.554. The van der Waals surface area contributed by atoms with E-state index in [2.05, 4.69) is 35.5 Å². The van der Waals surface area contributed by atoms with E-state index in [1.165, 1.54) is 0 Å². The molecule has 0 spiro atoms. The molecule has 0 aliphatic rings. The molecular weight excluding hydrogens is 180 g/mol. The molecule has 0 nitrogen and oxygen atoms in total. The van der Waals surface area contributed by atoms with Crippen molar-refractivity contribution in [3.8, 4) is 35.5 Å². The summed E-state index contributed by atoms with van der Waals surface area (Å²) in [5.41, 5.74) is 2.90. The maximum atomic E-state index is 3.04. The number of benzene rings is 1. The van der Waals surface area contributed by atoms with Gasteiger partial charge in [0.25, 0.3) is 0 Å². The summed E-state index contributed by atoms with van der Waals surface area (Å²) in [5.74, 6) is 17.7. The van der Waals surface area contributed by atoms with Gasteiger partial charge in [0.15, 0.2) is 0 Å². The molecule has 72 valence electrons. The lowest BCUT2D eigenvalue weighted by molar-refractivity contribution is 1.54. The summed E-state index contributed by atoms with van der Waals surface area (Å²) in [6.45, 7) is 5.47. The highest BCUT2D eigenvalue weighted by atomic mass is 14.0. The molecule has 0 amide bonds. The van der Waals surface area contributed by atoms with Gasteiger partial charge < -0.3 is 0 Å². The van der Waals surface area contributed by atoms with Crippen LogP contribution in [-0.4, -0.2) is 0 Å². The predicted molar refractivity (Wildman–Crippen MR) is 64.1 cm³/mol. The fraction of sp³-hybridized carbons (Fsp3) is 0.200. The topological polar surface area (TPSA) is 0 Å². The second kappa shape index (κ2) is 5.59. The molecule has 15 heavy (non-hydrogen) atoms. The molecule has 0 heteroatoms. The Morgan fingerprint density at radius 3 is 1.93 bits per heavy atom. The Labute approximate surface area is 91.7 Å². The molecule has 0 saturated carbocycles. The summed E-state index contributed by atoms with van der Waals surface area (Å²) in [6, 6.07) is 5.92. The number of hydrogen-bond acceptors (Lipinski definition) is 0. The highest BCUT2D eigenvalue weighted by Gasteiger charge is 1.97. The normalized spacial score (nSPS) is 7.40. The Hall–Kier alpha value is -2.10.